The number of hydrogen-bond acceptors (Lipinski definition) is 4. The number of nitrogens with zero attached hydrogens (tertiary/aromatic N) is 2. The molecular weight excluding hydrogens is 230 g/mol. The van der Waals surface area contributed by atoms with Crippen molar-refractivity contribution in [2.45, 2.75) is 25.9 Å². The van der Waals surface area contributed by atoms with Gasteiger partial charge in [-0.05, 0) is 19.8 Å². The van der Waals surface area contributed by atoms with Crippen LogP contribution in [-0.2, 0) is 0 Å². The van der Waals surface area contributed by atoms with Crippen LogP contribution in [0.15, 0.2) is 12.4 Å². The zero-order valence-corrected chi connectivity index (χ0v) is 9.74. The van der Waals surface area contributed by atoms with E-state index in [0.717, 1.165) is 6.42 Å². The highest BCUT2D eigenvalue weighted by Gasteiger charge is 2.06. The first-order valence-corrected chi connectivity index (χ1v) is 5.41. The van der Waals surface area contributed by atoms with Crippen molar-refractivity contribution in [2.75, 3.05) is 6.54 Å². The molecule has 1 atom stereocenters. The molecule has 0 aliphatic rings. The van der Waals surface area contributed by atoms with Crippen LogP contribution in [0.4, 0.5) is 0 Å². The van der Waals surface area contributed by atoms with E-state index < -0.39 is 0 Å². The second-order valence-electron chi connectivity index (χ2n) is 3.47. The van der Waals surface area contributed by atoms with Gasteiger partial charge in [0.15, 0.2) is 0 Å². The minimum Gasteiger partial charge on any atom is -0.393 e. The van der Waals surface area contributed by atoms with Gasteiger partial charge >= 0.3 is 0 Å². The Balaban J connectivity index is 2.32. The number of aliphatic hydroxyl groups excluding tert-OH is 1. The Labute approximate surface area is 98.9 Å². The number of hydrogen-bond donors (Lipinski definition) is 2. The molecular formula is C10H14ClN3O2. The highest BCUT2D eigenvalue weighted by Crippen LogP contribution is 2.01. The van der Waals surface area contributed by atoms with E-state index in [1.54, 1.807) is 6.92 Å². The molecule has 5 nitrogen and oxygen atoms in total. The summed E-state index contributed by atoms with van der Waals surface area (Å²) in [5.41, 5.74) is 0.237. The van der Waals surface area contributed by atoms with Gasteiger partial charge in [0.05, 0.1) is 18.5 Å². The summed E-state index contributed by atoms with van der Waals surface area (Å²) >= 11 is 5.54. The van der Waals surface area contributed by atoms with E-state index in [0.29, 0.717) is 13.0 Å². The fourth-order valence-electron chi connectivity index (χ4n) is 1.12. The molecule has 1 aromatic heterocycles. The molecule has 2 N–H and O–H groups in total. The molecule has 6 heteroatoms. The lowest BCUT2D eigenvalue weighted by molar-refractivity contribution is 0.0944. The Hall–Kier alpha value is -1.20. The van der Waals surface area contributed by atoms with Gasteiger partial charge in [-0.1, -0.05) is 11.6 Å². The topological polar surface area (TPSA) is 75.1 Å². The first-order valence-electron chi connectivity index (χ1n) is 5.03. The molecule has 0 saturated heterocycles. The van der Waals surface area contributed by atoms with Crippen molar-refractivity contribution in [3.8, 4) is 0 Å². The molecule has 1 heterocycles. The van der Waals surface area contributed by atoms with Gasteiger partial charge in [-0.2, -0.15) is 0 Å². The molecule has 1 rings (SSSR count). The Morgan fingerprint density at radius 3 is 2.88 bits per heavy atom. The zero-order valence-electron chi connectivity index (χ0n) is 8.98. The van der Waals surface area contributed by atoms with Crippen LogP contribution in [0.25, 0.3) is 0 Å². The first kappa shape index (κ1) is 12.9. The van der Waals surface area contributed by atoms with Gasteiger partial charge in [-0.25, -0.2) is 9.97 Å². The quantitative estimate of drug-likeness (QED) is 0.758. The minimum atomic E-state index is -0.341. The molecule has 0 fully saturated rings. The monoisotopic (exact) mass is 243 g/mol. The summed E-state index contributed by atoms with van der Waals surface area (Å²) in [5, 5.41) is 11.9. The molecule has 0 aromatic carbocycles. The SMILES string of the molecule is CC(O)CCCNC(=O)c1cnc(Cl)cn1. The molecule has 1 unspecified atom stereocenters. The fourth-order valence-corrected chi connectivity index (χ4v) is 1.22. The molecule has 88 valence electrons. The number of halogens is 1. The Kier molecular flexibility index (Phi) is 5.14. The minimum absolute atomic E-state index is 0.237. The molecule has 0 aliphatic carbocycles. The first-order chi connectivity index (χ1) is 7.59. The largest absolute Gasteiger partial charge is 0.393 e. The molecule has 0 radical (unpaired) electrons. The Bertz CT molecular complexity index is 340. The summed E-state index contributed by atoms with van der Waals surface area (Å²) in [5.74, 6) is -0.283. The Morgan fingerprint density at radius 2 is 2.31 bits per heavy atom. The third-order valence-corrected chi connectivity index (χ3v) is 2.13. The maximum Gasteiger partial charge on any atom is 0.271 e. The standard InChI is InChI=1S/C10H14ClN3O2/c1-7(15)3-2-4-12-10(16)8-5-14-9(11)6-13-8/h5-7,15H,2-4H2,1H3,(H,12,16). The summed E-state index contributed by atoms with van der Waals surface area (Å²) in [6, 6.07) is 0. The zero-order chi connectivity index (χ0) is 12.0. The van der Waals surface area contributed by atoms with Crippen LogP contribution in [0.3, 0.4) is 0 Å². The van der Waals surface area contributed by atoms with Crippen LogP contribution in [0.2, 0.25) is 5.15 Å². The molecule has 1 aromatic rings. The van der Waals surface area contributed by atoms with Gasteiger partial charge in [-0.3, -0.25) is 4.79 Å². The molecule has 0 bridgehead atoms. The van der Waals surface area contributed by atoms with Crippen molar-refractivity contribution in [3.05, 3.63) is 23.2 Å². The van der Waals surface area contributed by atoms with E-state index in [1.165, 1.54) is 12.4 Å². The van der Waals surface area contributed by atoms with E-state index in [-0.39, 0.29) is 22.9 Å². The van der Waals surface area contributed by atoms with Gasteiger partial charge in [-0.15, -0.1) is 0 Å². The normalized spacial score (nSPS) is 12.2. The number of carbonyl (C=O) groups is 1. The van der Waals surface area contributed by atoms with Crippen molar-refractivity contribution < 1.29 is 9.90 Å². The number of carbonyl (C=O) groups excluding carboxylic acids is 1. The lowest BCUT2D eigenvalue weighted by Crippen LogP contribution is -2.26. The number of rotatable bonds is 5. The van der Waals surface area contributed by atoms with Crippen molar-refractivity contribution >= 4 is 17.5 Å². The summed E-state index contributed by atoms with van der Waals surface area (Å²) in [6.45, 7) is 2.22. The second-order valence-corrected chi connectivity index (χ2v) is 3.86. The van der Waals surface area contributed by atoms with Crippen molar-refractivity contribution in [3.63, 3.8) is 0 Å². The smallest absolute Gasteiger partial charge is 0.271 e. The number of amides is 1. The highest BCUT2D eigenvalue weighted by molar-refractivity contribution is 6.29. The number of nitrogens with one attached hydrogen (secondary N) is 1. The predicted molar refractivity (Wildman–Crippen MR) is 60.3 cm³/mol. The number of aromatic nitrogens is 2. The molecule has 0 aliphatic heterocycles. The highest BCUT2D eigenvalue weighted by atomic mass is 35.5. The van der Waals surface area contributed by atoms with E-state index in [4.69, 9.17) is 16.7 Å². The van der Waals surface area contributed by atoms with Crippen LogP contribution in [0, 0.1) is 0 Å². The van der Waals surface area contributed by atoms with Crippen LogP contribution < -0.4 is 5.32 Å². The lowest BCUT2D eigenvalue weighted by atomic mass is 10.2. The average Bonchev–Trinajstić information content (AvgIpc) is 2.25. The van der Waals surface area contributed by atoms with Crippen molar-refractivity contribution in [1.29, 1.82) is 0 Å². The van der Waals surface area contributed by atoms with E-state index >= 15 is 0 Å². The van der Waals surface area contributed by atoms with Gasteiger partial charge in [0.2, 0.25) is 0 Å². The van der Waals surface area contributed by atoms with Crippen molar-refractivity contribution in [1.82, 2.24) is 15.3 Å². The average molecular weight is 244 g/mol. The third-order valence-electron chi connectivity index (χ3n) is 1.94. The van der Waals surface area contributed by atoms with Crippen LogP contribution in [0.1, 0.15) is 30.3 Å². The molecule has 0 saturated carbocycles. The van der Waals surface area contributed by atoms with Gasteiger partial charge in [0.1, 0.15) is 10.8 Å². The summed E-state index contributed by atoms with van der Waals surface area (Å²) in [7, 11) is 0. The van der Waals surface area contributed by atoms with Crippen LogP contribution in [-0.4, -0.2) is 33.6 Å². The maximum absolute atomic E-state index is 11.5. The summed E-state index contributed by atoms with van der Waals surface area (Å²) < 4.78 is 0. The van der Waals surface area contributed by atoms with Gasteiger partial charge in [0, 0.05) is 6.54 Å². The van der Waals surface area contributed by atoms with Crippen LogP contribution in [0.5, 0.6) is 0 Å². The lowest BCUT2D eigenvalue weighted by Gasteiger charge is -2.05. The maximum atomic E-state index is 11.5. The molecule has 16 heavy (non-hydrogen) atoms. The van der Waals surface area contributed by atoms with Gasteiger partial charge in [0.25, 0.3) is 5.91 Å². The van der Waals surface area contributed by atoms with E-state index in [9.17, 15) is 4.79 Å². The summed E-state index contributed by atoms with van der Waals surface area (Å²) in [4.78, 5) is 19.1. The molecule has 1 amide bonds. The summed E-state index contributed by atoms with van der Waals surface area (Å²) in [6.07, 6.45) is 3.70. The van der Waals surface area contributed by atoms with Crippen LogP contribution >= 0.6 is 11.6 Å². The van der Waals surface area contributed by atoms with Gasteiger partial charge < -0.3 is 10.4 Å². The third kappa shape index (κ3) is 4.55. The predicted octanol–water partition coefficient (Wildman–Crippen LogP) is 1.02. The van der Waals surface area contributed by atoms with E-state index in [2.05, 4.69) is 15.3 Å². The Morgan fingerprint density at radius 1 is 1.56 bits per heavy atom. The number of aliphatic hydroxyl groups is 1. The second kappa shape index (κ2) is 6.40. The van der Waals surface area contributed by atoms with Crippen molar-refractivity contribution in [2.24, 2.45) is 0 Å². The fraction of sp³-hybridized carbons (Fsp3) is 0.500. The molecule has 0 spiro atoms. The van der Waals surface area contributed by atoms with E-state index in [1.807, 2.05) is 0 Å².